The summed E-state index contributed by atoms with van der Waals surface area (Å²) in [7, 11) is 0. The van der Waals surface area contributed by atoms with Crippen LogP contribution in [0.1, 0.15) is 71.5 Å². The molecular weight excluding hydrogens is 406 g/mol. The quantitative estimate of drug-likeness (QED) is 0.579. The molecule has 0 N–H and O–H groups in total. The van der Waals surface area contributed by atoms with Crippen LogP contribution in [0.3, 0.4) is 0 Å². The molecule has 0 bridgehead atoms. The summed E-state index contributed by atoms with van der Waals surface area (Å²) in [6, 6.07) is 0.0641. The van der Waals surface area contributed by atoms with Gasteiger partial charge in [-0.15, -0.1) is 0 Å². The van der Waals surface area contributed by atoms with Crippen molar-refractivity contribution in [2.45, 2.75) is 78.7 Å². The molecule has 2 saturated heterocycles. The molecule has 180 valence electrons. The lowest BCUT2D eigenvalue weighted by Gasteiger charge is -2.40. The standard InChI is InChI=1S/C24H41N5O3/c1-5-27-12-8-20(9-13-27)16-24(31)28-11-6-7-21(17-28)29(19(4)30)14-10-22-25-23(32-26-22)15-18(2)3/h18,20-21H,5-17H2,1-4H3. The van der Waals surface area contributed by atoms with Gasteiger partial charge in [0.05, 0.1) is 0 Å². The third-order valence-corrected chi connectivity index (χ3v) is 6.88. The first kappa shape index (κ1) is 24.7. The SMILES string of the molecule is CCN1CCC(CC(=O)N2CCCC(N(CCc3noc(CC(C)C)n3)C(C)=O)C2)CC1. The maximum absolute atomic E-state index is 13.0. The molecular formula is C24H41N5O3. The van der Waals surface area contributed by atoms with Gasteiger partial charge in [0, 0.05) is 51.9 Å². The van der Waals surface area contributed by atoms with Crippen molar-refractivity contribution in [1.29, 1.82) is 0 Å². The maximum Gasteiger partial charge on any atom is 0.226 e. The lowest BCUT2D eigenvalue weighted by molar-refractivity contribution is -0.139. The van der Waals surface area contributed by atoms with Gasteiger partial charge in [0.15, 0.2) is 5.82 Å². The van der Waals surface area contributed by atoms with Gasteiger partial charge in [0.1, 0.15) is 0 Å². The van der Waals surface area contributed by atoms with E-state index in [2.05, 4.69) is 35.8 Å². The van der Waals surface area contributed by atoms with Crippen LogP contribution in [-0.2, 0) is 22.4 Å². The Kier molecular flexibility index (Phi) is 9.08. The summed E-state index contributed by atoms with van der Waals surface area (Å²) in [5, 5.41) is 4.07. The number of piperidine rings is 2. The zero-order valence-corrected chi connectivity index (χ0v) is 20.4. The average Bonchev–Trinajstić information content (AvgIpc) is 3.21. The van der Waals surface area contributed by atoms with Gasteiger partial charge in [-0.2, -0.15) is 4.98 Å². The highest BCUT2D eigenvalue weighted by Gasteiger charge is 2.31. The number of carbonyl (C=O) groups excluding carboxylic acids is 2. The lowest BCUT2D eigenvalue weighted by Crippen LogP contribution is -2.52. The summed E-state index contributed by atoms with van der Waals surface area (Å²) in [6.07, 6.45) is 6.08. The van der Waals surface area contributed by atoms with Gasteiger partial charge in [-0.1, -0.05) is 25.9 Å². The first-order chi connectivity index (χ1) is 15.4. The fourth-order valence-corrected chi connectivity index (χ4v) is 4.96. The second-order valence-electron chi connectivity index (χ2n) is 9.88. The Morgan fingerprint density at radius 2 is 1.94 bits per heavy atom. The van der Waals surface area contributed by atoms with Gasteiger partial charge >= 0.3 is 0 Å². The molecule has 2 fully saturated rings. The second kappa shape index (κ2) is 11.8. The van der Waals surface area contributed by atoms with Crippen molar-refractivity contribution in [3.63, 3.8) is 0 Å². The van der Waals surface area contributed by atoms with Gasteiger partial charge in [0.2, 0.25) is 17.7 Å². The summed E-state index contributed by atoms with van der Waals surface area (Å²) >= 11 is 0. The Morgan fingerprint density at radius 1 is 1.19 bits per heavy atom. The Balaban J connectivity index is 1.51. The van der Waals surface area contributed by atoms with Crippen LogP contribution < -0.4 is 0 Å². The van der Waals surface area contributed by atoms with E-state index < -0.39 is 0 Å². The fraction of sp³-hybridized carbons (Fsp3) is 0.833. The molecule has 1 aromatic rings. The number of nitrogens with zero attached hydrogens (tertiary/aromatic N) is 5. The smallest absolute Gasteiger partial charge is 0.226 e. The second-order valence-corrected chi connectivity index (χ2v) is 9.88. The van der Waals surface area contributed by atoms with Gasteiger partial charge < -0.3 is 19.2 Å². The third kappa shape index (κ3) is 7.02. The summed E-state index contributed by atoms with van der Waals surface area (Å²) in [6.45, 7) is 13.3. The van der Waals surface area contributed by atoms with E-state index in [0.29, 0.717) is 49.5 Å². The van der Waals surface area contributed by atoms with Crippen molar-refractivity contribution in [2.75, 3.05) is 39.3 Å². The molecule has 2 aliphatic rings. The maximum atomic E-state index is 13.0. The van der Waals surface area contributed by atoms with Crippen molar-refractivity contribution in [1.82, 2.24) is 24.8 Å². The van der Waals surface area contributed by atoms with E-state index in [0.717, 1.165) is 58.3 Å². The number of hydrogen-bond donors (Lipinski definition) is 0. The molecule has 3 heterocycles. The van der Waals surface area contributed by atoms with E-state index in [4.69, 9.17) is 4.52 Å². The van der Waals surface area contributed by atoms with E-state index in [9.17, 15) is 9.59 Å². The molecule has 2 aliphatic heterocycles. The molecule has 8 heteroatoms. The number of hydrogen-bond acceptors (Lipinski definition) is 6. The molecule has 32 heavy (non-hydrogen) atoms. The van der Waals surface area contributed by atoms with Crippen LogP contribution in [0.4, 0.5) is 0 Å². The summed E-state index contributed by atoms with van der Waals surface area (Å²) < 4.78 is 5.33. The van der Waals surface area contributed by atoms with E-state index >= 15 is 0 Å². The van der Waals surface area contributed by atoms with Crippen LogP contribution in [0.15, 0.2) is 4.52 Å². The zero-order valence-electron chi connectivity index (χ0n) is 20.4. The number of aromatic nitrogens is 2. The highest BCUT2D eigenvalue weighted by molar-refractivity contribution is 5.77. The van der Waals surface area contributed by atoms with E-state index in [1.54, 1.807) is 6.92 Å². The van der Waals surface area contributed by atoms with Crippen molar-refractivity contribution < 1.29 is 14.1 Å². The predicted octanol–water partition coefficient (Wildman–Crippen LogP) is 2.77. The first-order valence-electron chi connectivity index (χ1n) is 12.4. The molecule has 0 aliphatic carbocycles. The Hall–Kier alpha value is -1.96. The van der Waals surface area contributed by atoms with Crippen molar-refractivity contribution in [3.05, 3.63) is 11.7 Å². The minimum absolute atomic E-state index is 0.0436. The van der Waals surface area contributed by atoms with E-state index in [1.165, 1.54) is 0 Å². The molecule has 1 atom stereocenters. The highest BCUT2D eigenvalue weighted by atomic mass is 16.5. The monoisotopic (exact) mass is 447 g/mol. The molecule has 2 amide bonds. The van der Waals surface area contributed by atoms with Gasteiger partial charge in [0.25, 0.3) is 0 Å². The summed E-state index contributed by atoms with van der Waals surface area (Å²) in [5.74, 6) is 2.55. The number of likely N-dealkylation sites (tertiary alicyclic amines) is 2. The van der Waals surface area contributed by atoms with Gasteiger partial charge in [-0.05, 0) is 57.2 Å². The van der Waals surface area contributed by atoms with Crippen LogP contribution in [0, 0.1) is 11.8 Å². The molecule has 3 rings (SSSR count). The van der Waals surface area contributed by atoms with Crippen LogP contribution >= 0.6 is 0 Å². The number of amides is 2. The molecule has 1 aromatic heterocycles. The number of rotatable bonds is 9. The van der Waals surface area contributed by atoms with Crippen molar-refractivity contribution in [2.24, 2.45) is 11.8 Å². The van der Waals surface area contributed by atoms with Gasteiger partial charge in [-0.3, -0.25) is 9.59 Å². The molecule has 0 saturated carbocycles. The summed E-state index contributed by atoms with van der Waals surface area (Å²) in [5.41, 5.74) is 0. The molecule has 1 unspecified atom stereocenters. The normalized spacial score (nSPS) is 20.7. The molecule has 0 radical (unpaired) electrons. The first-order valence-corrected chi connectivity index (χ1v) is 12.4. The Labute approximate surface area is 192 Å². The van der Waals surface area contributed by atoms with E-state index in [1.807, 2.05) is 9.80 Å². The largest absolute Gasteiger partial charge is 0.341 e. The average molecular weight is 448 g/mol. The highest BCUT2D eigenvalue weighted by Crippen LogP contribution is 2.23. The number of carbonyl (C=O) groups is 2. The van der Waals surface area contributed by atoms with Crippen LogP contribution in [-0.4, -0.2) is 82.0 Å². The Morgan fingerprint density at radius 3 is 2.59 bits per heavy atom. The Bertz CT molecular complexity index is 742. The molecule has 0 spiro atoms. The topological polar surface area (TPSA) is 82.8 Å². The predicted molar refractivity (Wildman–Crippen MR) is 123 cm³/mol. The molecule has 0 aromatic carbocycles. The van der Waals surface area contributed by atoms with Crippen LogP contribution in [0.2, 0.25) is 0 Å². The minimum atomic E-state index is 0.0436. The van der Waals surface area contributed by atoms with Crippen LogP contribution in [0.5, 0.6) is 0 Å². The van der Waals surface area contributed by atoms with E-state index in [-0.39, 0.29) is 17.9 Å². The summed E-state index contributed by atoms with van der Waals surface area (Å²) in [4.78, 5) is 36.2. The third-order valence-electron chi connectivity index (χ3n) is 6.88. The zero-order chi connectivity index (χ0) is 23.1. The lowest BCUT2D eigenvalue weighted by atomic mass is 9.92. The minimum Gasteiger partial charge on any atom is -0.341 e. The molecule has 8 nitrogen and oxygen atoms in total. The van der Waals surface area contributed by atoms with Gasteiger partial charge in [-0.25, -0.2) is 0 Å². The van der Waals surface area contributed by atoms with Crippen molar-refractivity contribution >= 4 is 11.8 Å². The van der Waals surface area contributed by atoms with Crippen molar-refractivity contribution in [3.8, 4) is 0 Å². The van der Waals surface area contributed by atoms with Crippen LogP contribution in [0.25, 0.3) is 0 Å². The fourth-order valence-electron chi connectivity index (χ4n) is 4.96.